The van der Waals surface area contributed by atoms with Gasteiger partial charge in [0.05, 0.1) is 18.1 Å². The highest BCUT2D eigenvalue weighted by Gasteiger charge is 2.17. The van der Waals surface area contributed by atoms with E-state index in [1.165, 1.54) is 24.1 Å². The van der Waals surface area contributed by atoms with Gasteiger partial charge in [0.2, 0.25) is 0 Å². The van der Waals surface area contributed by atoms with Crippen LogP contribution in [0.3, 0.4) is 0 Å². The molecule has 0 radical (unpaired) electrons. The van der Waals surface area contributed by atoms with Crippen LogP contribution >= 0.6 is 0 Å². The van der Waals surface area contributed by atoms with Crippen molar-refractivity contribution in [2.24, 2.45) is 5.73 Å². The first-order valence-electron chi connectivity index (χ1n) is 6.75. The molecule has 0 aliphatic carbocycles. The van der Waals surface area contributed by atoms with Crippen molar-refractivity contribution in [1.29, 1.82) is 0 Å². The highest BCUT2D eigenvalue weighted by molar-refractivity contribution is 5.63. The van der Waals surface area contributed by atoms with Gasteiger partial charge in [0, 0.05) is 18.8 Å². The second-order valence-electron chi connectivity index (χ2n) is 4.81. The first-order valence-corrected chi connectivity index (χ1v) is 6.75. The molecule has 2 heterocycles. The largest absolute Gasteiger partial charge is 0.325 e. The van der Waals surface area contributed by atoms with E-state index in [9.17, 15) is 0 Å². The lowest BCUT2D eigenvalue weighted by atomic mass is 10.1. The van der Waals surface area contributed by atoms with Crippen molar-refractivity contribution >= 4 is 11.5 Å². The molecule has 2 aromatic rings. The molecule has 4 nitrogen and oxygen atoms in total. The van der Waals surface area contributed by atoms with Crippen LogP contribution in [0.15, 0.2) is 36.7 Å². The minimum Gasteiger partial charge on any atom is -0.325 e. The van der Waals surface area contributed by atoms with Crippen molar-refractivity contribution < 1.29 is 0 Å². The van der Waals surface area contributed by atoms with Gasteiger partial charge < -0.3 is 10.6 Å². The van der Waals surface area contributed by atoms with Crippen molar-refractivity contribution in [1.82, 2.24) is 9.97 Å². The summed E-state index contributed by atoms with van der Waals surface area (Å²) in [5, 5.41) is 0. The molecule has 1 aromatic heterocycles. The maximum absolute atomic E-state index is 5.56. The SMILES string of the molecule is NCc1cnc(N2CCCCc3ccccc32)cn1. The van der Waals surface area contributed by atoms with Gasteiger partial charge in [0.15, 0.2) is 5.82 Å². The van der Waals surface area contributed by atoms with Crippen molar-refractivity contribution in [3.63, 3.8) is 0 Å². The molecule has 19 heavy (non-hydrogen) atoms. The van der Waals surface area contributed by atoms with Crippen LogP contribution < -0.4 is 10.6 Å². The minimum atomic E-state index is 0.434. The third-order valence-electron chi connectivity index (χ3n) is 3.54. The van der Waals surface area contributed by atoms with Crippen molar-refractivity contribution in [2.75, 3.05) is 11.4 Å². The van der Waals surface area contributed by atoms with E-state index in [0.29, 0.717) is 6.54 Å². The summed E-state index contributed by atoms with van der Waals surface area (Å²) in [5.74, 6) is 0.909. The molecule has 2 N–H and O–H groups in total. The summed E-state index contributed by atoms with van der Waals surface area (Å²) in [6.45, 7) is 1.43. The topological polar surface area (TPSA) is 55.0 Å². The number of para-hydroxylation sites is 1. The highest BCUT2D eigenvalue weighted by Crippen LogP contribution is 2.30. The smallest absolute Gasteiger partial charge is 0.151 e. The maximum Gasteiger partial charge on any atom is 0.151 e. The van der Waals surface area contributed by atoms with Gasteiger partial charge >= 0.3 is 0 Å². The fourth-order valence-corrected chi connectivity index (χ4v) is 2.52. The van der Waals surface area contributed by atoms with Gasteiger partial charge in [-0.3, -0.25) is 4.98 Å². The Balaban J connectivity index is 1.99. The van der Waals surface area contributed by atoms with E-state index in [1.807, 2.05) is 6.20 Å². The number of fused-ring (bicyclic) bond motifs is 1. The van der Waals surface area contributed by atoms with Gasteiger partial charge in [-0.15, -0.1) is 0 Å². The lowest BCUT2D eigenvalue weighted by Gasteiger charge is -2.23. The Morgan fingerprint density at radius 1 is 1.11 bits per heavy atom. The van der Waals surface area contributed by atoms with Gasteiger partial charge in [-0.25, -0.2) is 4.98 Å². The molecule has 4 heteroatoms. The van der Waals surface area contributed by atoms with E-state index in [1.54, 1.807) is 6.20 Å². The van der Waals surface area contributed by atoms with Gasteiger partial charge in [-0.05, 0) is 30.9 Å². The molecule has 0 amide bonds. The molecular formula is C15H18N4. The average molecular weight is 254 g/mol. The standard InChI is InChI=1S/C15H18N4/c16-9-13-10-18-15(11-17-13)19-8-4-3-6-12-5-1-2-7-14(12)19/h1-2,5,7,10-11H,3-4,6,8-9,16H2. The van der Waals surface area contributed by atoms with E-state index < -0.39 is 0 Å². The number of hydrogen-bond donors (Lipinski definition) is 1. The summed E-state index contributed by atoms with van der Waals surface area (Å²) in [5.41, 5.74) is 9.04. The Bertz CT molecular complexity index is 550. The maximum atomic E-state index is 5.56. The average Bonchev–Trinajstić information content (AvgIpc) is 2.70. The van der Waals surface area contributed by atoms with Crippen molar-refractivity contribution in [3.05, 3.63) is 47.9 Å². The summed E-state index contributed by atoms with van der Waals surface area (Å²) in [6, 6.07) is 8.55. The van der Waals surface area contributed by atoms with Gasteiger partial charge in [-0.1, -0.05) is 18.2 Å². The minimum absolute atomic E-state index is 0.434. The Kier molecular flexibility index (Phi) is 3.42. The van der Waals surface area contributed by atoms with Crippen LogP contribution in [-0.2, 0) is 13.0 Å². The van der Waals surface area contributed by atoms with Gasteiger partial charge in [-0.2, -0.15) is 0 Å². The zero-order chi connectivity index (χ0) is 13.1. The van der Waals surface area contributed by atoms with Crippen molar-refractivity contribution in [2.45, 2.75) is 25.8 Å². The molecule has 1 aliphatic rings. The van der Waals surface area contributed by atoms with Gasteiger partial charge in [0.1, 0.15) is 0 Å². The fourth-order valence-electron chi connectivity index (χ4n) is 2.52. The first-order chi connectivity index (χ1) is 9.38. The molecule has 0 saturated heterocycles. The van der Waals surface area contributed by atoms with Crippen LogP contribution in [0, 0.1) is 0 Å². The predicted molar refractivity (Wildman–Crippen MR) is 76.3 cm³/mol. The Morgan fingerprint density at radius 2 is 2.00 bits per heavy atom. The Labute approximate surface area is 113 Å². The lowest BCUT2D eigenvalue weighted by molar-refractivity contribution is 0.756. The van der Waals surface area contributed by atoms with E-state index >= 15 is 0 Å². The molecule has 98 valence electrons. The zero-order valence-electron chi connectivity index (χ0n) is 10.9. The van der Waals surface area contributed by atoms with E-state index in [0.717, 1.165) is 24.5 Å². The number of hydrogen-bond acceptors (Lipinski definition) is 4. The predicted octanol–water partition coefficient (Wildman–Crippen LogP) is 2.41. The number of rotatable bonds is 2. The molecule has 1 aromatic carbocycles. The number of benzene rings is 1. The van der Waals surface area contributed by atoms with E-state index in [4.69, 9.17) is 5.73 Å². The molecule has 0 unspecified atom stereocenters. The van der Waals surface area contributed by atoms with E-state index in [-0.39, 0.29) is 0 Å². The second kappa shape index (κ2) is 5.36. The van der Waals surface area contributed by atoms with Crippen LogP contribution in [0.5, 0.6) is 0 Å². The van der Waals surface area contributed by atoms with Crippen LogP contribution in [-0.4, -0.2) is 16.5 Å². The highest BCUT2D eigenvalue weighted by atomic mass is 15.2. The second-order valence-corrected chi connectivity index (χ2v) is 4.81. The van der Waals surface area contributed by atoms with Crippen LogP contribution in [0.2, 0.25) is 0 Å². The van der Waals surface area contributed by atoms with Gasteiger partial charge in [0.25, 0.3) is 0 Å². The Hall–Kier alpha value is -1.94. The van der Waals surface area contributed by atoms with Crippen LogP contribution in [0.25, 0.3) is 0 Å². The molecule has 0 fully saturated rings. The summed E-state index contributed by atoms with van der Waals surface area (Å²) in [4.78, 5) is 11.1. The molecule has 0 atom stereocenters. The summed E-state index contributed by atoms with van der Waals surface area (Å²) >= 11 is 0. The third-order valence-corrected chi connectivity index (χ3v) is 3.54. The van der Waals surface area contributed by atoms with Crippen LogP contribution in [0.4, 0.5) is 11.5 Å². The van der Waals surface area contributed by atoms with Crippen molar-refractivity contribution in [3.8, 4) is 0 Å². The zero-order valence-corrected chi connectivity index (χ0v) is 10.9. The molecule has 0 saturated carbocycles. The third kappa shape index (κ3) is 2.44. The first kappa shape index (κ1) is 12.1. The lowest BCUT2D eigenvalue weighted by Crippen LogP contribution is -2.19. The molecule has 3 rings (SSSR count). The van der Waals surface area contributed by atoms with Crippen LogP contribution in [0.1, 0.15) is 24.1 Å². The summed E-state index contributed by atoms with van der Waals surface area (Å²) in [6.07, 6.45) is 7.13. The fraction of sp³-hybridized carbons (Fsp3) is 0.333. The normalized spacial score (nSPS) is 14.9. The van der Waals surface area contributed by atoms with E-state index in [2.05, 4.69) is 39.1 Å². The Morgan fingerprint density at radius 3 is 2.79 bits per heavy atom. The molecular weight excluding hydrogens is 236 g/mol. The molecule has 0 bridgehead atoms. The quantitative estimate of drug-likeness (QED) is 0.894. The number of nitrogens with zero attached hydrogens (tertiary/aromatic N) is 3. The summed E-state index contributed by atoms with van der Waals surface area (Å²) < 4.78 is 0. The molecule has 1 aliphatic heterocycles. The monoisotopic (exact) mass is 254 g/mol. The number of aryl methyl sites for hydroxylation is 1. The molecule has 0 spiro atoms. The number of anilines is 2. The number of aromatic nitrogens is 2. The number of nitrogens with two attached hydrogens (primary N) is 1. The summed E-state index contributed by atoms with van der Waals surface area (Å²) in [7, 11) is 0.